The Hall–Kier alpha value is -0.870. The highest BCUT2D eigenvalue weighted by molar-refractivity contribution is 7.21. The third-order valence-electron chi connectivity index (χ3n) is 1.63. The highest BCUT2D eigenvalue weighted by Gasteiger charge is 2.05. The molecule has 0 bridgehead atoms. The quantitative estimate of drug-likeness (QED) is 0.801. The predicted octanol–water partition coefficient (Wildman–Crippen LogP) is 3.17. The highest BCUT2D eigenvalue weighted by Crippen LogP contribution is 2.25. The fraction of sp³-hybridized carbons (Fsp3) is 0.333. The molecule has 0 atom stereocenters. The lowest BCUT2D eigenvalue weighted by Crippen LogP contribution is -2.08. The van der Waals surface area contributed by atoms with Crippen molar-refractivity contribution in [3.8, 4) is 0 Å². The number of halogens is 1. The van der Waals surface area contributed by atoms with E-state index in [1.807, 2.05) is 6.07 Å². The van der Waals surface area contributed by atoms with Gasteiger partial charge in [-0.1, -0.05) is 22.9 Å². The van der Waals surface area contributed by atoms with E-state index in [4.69, 9.17) is 11.6 Å². The van der Waals surface area contributed by atoms with E-state index in [1.165, 1.54) is 11.3 Å². The van der Waals surface area contributed by atoms with E-state index < -0.39 is 0 Å². The van der Waals surface area contributed by atoms with Crippen molar-refractivity contribution >= 4 is 38.4 Å². The number of aromatic nitrogens is 2. The molecule has 0 aliphatic rings. The van der Waals surface area contributed by atoms with E-state index in [0.29, 0.717) is 11.2 Å². The molecule has 0 aromatic carbocycles. The zero-order valence-electron chi connectivity index (χ0n) is 7.91. The summed E-state index contributed by atoms with van der Waals surface area (Å²) in [5.74, 6) is 0. The minimum Gasteiger partial charge on any atom is -0.359 e. The van der Waals surface area contributed by atoms with Crippen LogP contribution in [0.1, 0.15) is 13.8 Å². The lowest BCUT2D eigenvalue weighted by molar-refractivity contribution is 0.897. The summed E-state index contributed by atoms with van der Waals surface area (Å²) in [7, 11) is 0. The van der Waals surface area contributed by atoms with Gasteiger partial charge in [0.1, 0.15) is 15.5 Å². The maximum atomic E-state index is 5.78. The maximum absolute atomic E-state index is 5.78. The van der Waals surface area contributed by atoms with E-state index in [2.05, 4.69) is 29.1 Å². The molecule has 5 heteroatoms. The third-order valence-corrected chi connectivity index (χ3v) is 2.74. The number of hydrogen-bond acceptors (Lipinski definition) is 4. The molecule has 0 amide bonds. The van der Waals surface area contributed by atoms with Crippen molar-refractivity contribution in [2.75, 3.05) is 5.32 Å². The van der Waals surface area contributed by atoms with Crippen LogP contribution in [-0.2, 0) is 0 Å². The minimum absolute atomic E-state index is 0.381. The topological polar surface area (TPSA) is 37.8 Å². The van der Waals surface area contributed by atoms with Gasteiger partial charge in [0.25, 0.3) is 0 Å². The van der Waals surface area contributed by atoms with Crippen LogP contribution in [0.4, 0.5) is 5.13 Å². The van der Waals surface area contributed by atoms with Crippen LogP contribution >= 0.6 is 22.9 Å². The number of rotatable bonds is 2. The fourth-order valence-electron chi connectivity index (χ4n) is 1.10. The van der Waals surface area contributed by atoms with Crippen LogP contribution in [0, 0.1) is 0 Å². The molecule has 2 heterocycles. The Morgan fingerprint density at radius 1 is 1.36 bits per heavy atom. The molecule has 0 radical (unpaired) electrons. The number of anilines is 1. The van der Waals surface area contributed by atoms with Crippen LogP contribution in [-0.4, -0.2) is 16.0 Å². The first-order valence-electron chi connectivity index (χ1n) is 4.35. The Morgan fingerprint density at radius 3 is 2.86 bits per heavy atom. The van der Waals surface area contributed by atoms with Crippen molar-refractivity contribution in [2.45, 2.75) is 19.9 Å². The van der Waals surface area contributed by atoms with Gasteiger partial charge in [0.05, 0.1) is 0 Å². The molecule has 2 aromatic heterocycles. The van der Waals surface area contributed by atoms with Gasteiger partial charge in [-0.2, -0.15) is 0 Å². The van der Waals surface area contributed by atoms with Gasteiger partial charge in [-0.05, 0) is 26.0 Å². The summed E-state index contributed by atoms with van der Waals surface area (Å²) in [5.41, 5.74) is 0.891. The van der Waals surface area contributed by atoms with Crippen molar-refractivity contribution in [3.63, 3.8) is 0 Å². The number of nitrogens with one attached hydrogen (secondary N) is 1. The van der Waals surface area contributed by atoms with Gasteiger partial charge in [-0.15, -0.1) is 0 Å². The van der Waals surface area contributed by atoms with Gasteiger partial charge < -0.3 is 5.32 Å². The lowest BCUT2D eigenvalue weighted by Gasteiger charge is -2.03. The first-order chi connectivity index (χ1) is 6.65. The zero-order valence-corrected chi connectivity index (χ0v) is 9.49. The predicted molar refractivity (Wildman–Crippen MR) is 61.2 cm³/mol. The van der Waals surface area contributed by atoms with Crippen LogP contribution in [0.15, 0.2) is 12.1 Å². The highest BCUT2D eigenvalue weighted by atomic mass is 35.5. The van der Waals surface area contributed by atoms with Gasteiger partial charge in [-0.25, -0.2) is 9.97 Å². The third kappa shape index (κ3) is 1.96. The molecule has 2 rings (SSSR count). The van der Waals surface area contributed by atoms with Gasteiger partial charge in [0.2, 0.25) is 0 Å². The number of hydrogen-bond donors (Lipinski definition) is 1. The number of pyridine rings is 1. The van der Waals surface area contributed by atoms with Crippen LogP contribution in [0.2, 0.25) is 5.15 Å². The monoisotopic (exact) mass is 227 g/mol. The Labute approximate surface area is 91.1 Å². The van der Waals surface area contributed by atoms with E-state index in [-0.39, 0.29) is 0 Å². The van der Waals surface area contributed by atoms with E-state index in [9.17, 15) is 0 Å². The van der Waals surface area contributed by atoms with Crippen molar-refractivity contribution in [1.82, 2.24) is 9.97 Å². The summed E-state index contributed by atoms with van der Waals surface area (Å²) in [5, 5.41) is 4.64. The summed E-state index contributed by atoms with van der Waals surface area (Å²) in [6.07, 6.45) is 0. The minimum atomic E-state index is 0.381. The lowest BCUT2D eigenvalue weighted by atomic mass is 10.4. The van der Waals surface area contributed by atoms with Crippen LogP contribution in [0.3, 0.4) is 0 Å². The molecular formula is C9H10ClN3S. The first-order valence-corrected chi connectivity index (χ1v) is 5.54. The normalized spacial score (nSPS) is 11.1. The molecule has 0 aliphatic heterocycles. The smallest absolute Gasteiger partial charge is 0.185 e. The van der Waals surface area contributed by atoms with Gasteiger partial charge in [-0.3, -0.25) is 0 Å². The van der Waals surface area contributed by atoms with Gasteiger partial charge in [0, 0.05) is 6.04 Å². The molecule has 1 N–H and O–H groups in total. The summed E-state index contributed by atoms with van der Waals surface area (Å²) in [6.45, 7) is 4.15. The maximum Gasteiger partial charge on any atom is 0.185 e. The molecule has 0 spiro atoms. The van der Waals surface area contributed by atoms with E-state index in [0.717, 1.165) is 15.5 Å². The molecule has 3 nitrogen and oxygen atoms in total. The molecule has 14 heavy (non-hydrogen) atoms. The molecule has 74 valence electrons. The molecule has 0 saturated carbocycles. The second-order valence-electron chi connectivity index (χ2n) is 3.28. The van der Waals surface area contributed by atoms with E-state index in [1.54, 1.807) is 6.07 Å². The number of thiazole rings is 1. The van der Waals surface area contributed by atoms with Crippen LogP contribution < -0.4 is 5.32 Å². The summed E-state index contributed by atoms with van der Waals surface area (Å²) >= 11 is 7.30. The molecule has 0 fully saturated rings. The molecule has 0 unspecified atom stereocenters. The Morgan fingerprint density at radius 2 is 2.14 bits per heavy atom. The Kier molecular flexibility index (Phi) is 2.56. The van der Waals surface area contributed by atoms with Crippen LogP contribution in [0.25, 0.3) is 10.3 Å². The van der Waals surface area contributed by atoms with Gasteiger partial charge >= 0.3 is 0 Å². The van der Waals surface area contributed by atoms with Crippen molar-refractivity contribution in [2.24, 2.45) is 0 Å². The summed E-state index contributed by atoms with van der Waals surface area (Å²) in [4.78, 5) is 9.44. The fourth-order valence-corrected chi connectivity index (χ4v) is 2.28. The van der Waals surface area contributed by atoms with Crippen LogP contribution in [0.5, 0.6) is 0 Å². The van der Waals surface area contributed by atoms with Gasteiger partial charge in [0.15, 0.2) is 5.13 Å². The summed E-state index contributed by atoms with van der Waals surface area (Å²) < 4.78 is 0. The zero-order chi connectivity index (χ0) is 10.1. The second kappa shape index (κ2) is 3.71. The molecular weight excluding hydrogens is 218 g/mol. The van der Waals surface area contributed by atoms with Crippen molar-refractivity contribution < 1.29 is 0 Å². The molecule has 0 aliphatic carbocycles. The number of nitrogens with zero attached hydrogens (tertiary/aromatic N) is 2. The summed E-state index contributed by atoms with van der Waals surface area (Å²) in [6, 6.07) is 4.01. The Bertz CT molecular complexity index is 452. The first kappa shape index (κ1) is 9.68. The average Bonchev–Trinajstić information content (AvgIpc) is 2.44. The second-order valence-corrected chi connectivity index (χ2v) is 4.64. The largest absolute Gasteiger partial charge is 0.359 e. The van der Waals surface area contributed by atoms with Crippen molar-refractivity contribution in [3.05, 3.63) is 17.3 Å². The molecule has 2 aromatic rings. The standard InChI is InChI=1S/C9H10ClN3S/c1-5(2)11-9-12-6-3-4-7(10)13-8(6)14-9/h3-5H,1-2H3,(H,11,12). The molecule has 0 saturated heterocycles. The average molecular weight is 228 g/mol. The van der Waals surface area contributed by atoms with E-state index >= 15 is 0 Å². The Balaban J connectivity index is 2.41. The SMILES string of the molecule is CC(C)Nc1nc2ccc(Cl)nc2s1. The number of fused-ring (bicyclic) bond motifs is 1. The van der Waals surface area contributed by atoms with Crippen molar-refractivity contribution in [1.29, 1.82) is 0 Å².